The summed E-state index contributed by atoms with van der Waals surface area (Å²) in [6.07, 6.45) is 0.781. The minimum atomic E-state index is -0.924. The summed E-state index contributed by atoms with van der Waals surface area (Å²) in [7, 11) is 1.34. The van der Waals surface area contributed by atoms with Crippen LogP contribution in [0.5, 0.6) is 0 Å². The molecular formula is C16H24N2O5S. The number of methoxy groups -OCH3 is 1. The van der Waals surface area contributed by atoms with Gasteiger partial charge in [-0.3, -0.25) is 14.4 Å². The van der Waals surface area contributed by atoms with E-state index in [0.717, 1.165) is 4.88 Å². The molecule has 8 heteroatoms. The molecule has 24 heavy (non-hydrogen) atoms. The summed E-state index contributed by atoms with van der Waals surface area (Å²) >= 11 is 1.29. The molecule has 1 aromatic rings. The van der Waals surface area contributed by atoms with Crippen LogP contribution in [0.4, 0.5) is 0 Å². The van der Waals surface area contributed by atoms with Gasteiger partial charge in [0.2, 0.25) is 0 Å². The van der Waals surface area contributed by atoms with Crippen molar-refractivity contribution in [1.82, 2.24) is 5.32 Å². The summed E-state index contributed by atoms with van der Waals surface area (Å²) in [4.78, 5) is 36.3. The molecule has 0 fully saturated rings. The third-order valence-electron chi connectivity index (χ3n) is 2.88. The highest BCUT2D eigenvalue weighted by Crippen LogP contribution is 2.18. The molecule has 1 aromatic heterocycles. The fourth-order valence-electron chi connectivity index (χ4n) is 1.71. The topological polar surface area (TPSA) is 108 Å². The molecule has 0 radical (unpaired) electrons. The molecule has 1 rings (SSSR count). The monoisotopic (exact) mass is 356 g/mol. The Morgan fingerprint density at radius 3 is 2.54 bits per heavy atom. The van der Waals surface area contributed by atoms with E-state index in [1.165, 1.54) is 18.4 Å². The average molecular weight is 356 g/mol. The smallest absolute Gasteiger partial charge is 0.325 e. The van der Waals surface area contributed by atoms with E-state index >= 15 is 0 Å². The Hall–Kier alpha value is -1.93. The molecule has 0 aromatic carbocycles. The maximum atomic E-state index is 12.1. The predicted octanol–water partition coefficient (Wildman–Crippen LogP) is 1.25. The van der Waals surface area contributed by atoms with Crippen molar-refractivity contribution in [1.29, 1.82) is 0 Å². The zero-order valence-corrected chi connectivity index (χ0v) is 15.2. The summed E-state index contributed by atoms with van der Waals surface area (Å²) in [5.41, 5.74) is 5.09. The second-order valence-electron chi connectivity index (χ2n) is 6.19. The van der Waals surface area contributed by atoms with E-state index in [9.17, 15) is 14.4 Å². The number of nitrogens with two attached hydrogens (primary N) is 1. The molecule has 0 saturated heterocycles. The number of nitrogens with one attached hydrogen (secondary N) is 1. The van der Waals surface area contributed by atoms with Crippen LogP contribution in [-0.2, 0) is 25.5 Å². The number of hydrogen-bond donors (Lipinski definition) is 2. The van der Waals surface area contributed by atoms with Crippen molar-refractivity contribution in [2.75, 3.05) is 13.7 Å². The molecular weight excluding hydrogens is 332 g/mol. The zero-order valence-electron chi connectivity index (χ0n) is 14.4. The molecule has 0 aliphatic carbocycles. The minimum Gasteiger partial charge on any atom is -0.469 e. The van der Waals surface area contributed by atoms with Gasteiger partial charge in [0.1, 0.15) is 11.6 Å². The quantitative estimate of drug-likeness (QED) is 0.712. The second-order valence-corrected chi connectivity index (χ2v) is 7.36. The fraction of sp³-hybridized carbons (Fsp3) is 0.562. The van der Waals surface area contributed by atoms with Crippen LogP contribution in [0.3, 0.4) is 0 Å². The number of amides is 1. The van der Waals surface area contributed by atoms with Gasteiger partial charge < -0.3 is 20.5 Å². The van der Waals surface area contributed by atoms with Crippen molar-refractivity contribution in [2.24, 2.45) is 5.73 Å². The first-order valence-electron chi connectivity index (χ1n) is 7.54. The van der Waals surface area contributed by atoms with Crippen LogP contribution < -0.4 is 11.1 Å². The van der Waals surface area contributed by atoms with Gasteiger partial charge in [0.25, 0.3) is 5.91 Å². The SMILES string of the molecule is COC(=O)CCc1ccc(C(=O)NCC(N)C(=O)OC(C)(C)C)s1. The number of carbonyl (C=O) groups excluding carboxylic acids is 3. The Bertz CT molecular complexity index is 592. The van der Waals surface area contributed by atoms with E-state index in [1.54, 1.807) is 32.9 Å². The van der Waals surface area contributed by atoms with Crippen molar-refractivity contribution >= 4 is 29.2 Å². The summed E-state index contributed by atoms with van der Waals surface area (Å²) in [5, 5.41) is 2.61. The number of ether oxygens (including phenoxy) is 2. The van der Waals surface area contributed by atoms with Crippen LogP contribution in [0.1, 0.15) is 41.7 Å². The molecule has 0 spiro atoms. The molecule has 1 amide bonds. The lowest BCUT2D eigenvalue weighted by Gasteiger charge is -2.22. The molecule has 134 valence electrons. The highest BCUT2D eigenvalue weighted by molar-refractivity contribution is 7.14. The van der Waals surface area contributed by atoms with Crippen molar-refractivity contribution in [3.63, 3.8) is 0 Å². The van der Waals surface area contributed by atoms with Gasteiger partial charge in [0.15, 0.2) is 0 Å². The Morgan fingerprint density at radius 2 is 1.96 bits per heavy atom. The van der Waals surface area contributed by atoms with Crippen molar-refractivity contribution in [3.05, 3.63) is 21.9 Å². The van der Waals surface area contributed by atoms with E-state index in [0.29, 0.717) is 11.3 Å². The van der Waals surface area contributed by atoms with Crippen molar-refractivity contribution in [2.45, 2.75) is 45.3 Å². The van der Waals surface area contributed by atoms with Crippen LogP contribution in [0.15, 0.2) is 12.1 Å². The van der Waals surface area contributed by atoms with Crippen molar-refractivity contribution < 1.29 is 23.9 Å². The van der Waals surface area contributed by atoms with Crippen LogP contribution in [0, 0.1) is 0 Å². The number of thiophene rings is 1. The van der Waals surface area contributed by atoms with Crippen LogP contribution in [-0.4, -0.2) is 43.1 Å². The fourth-order valence-corrected chi connectivity index (χ4v) is 2.64. The lowest BCUT2D eigenvalue weighted by Crippen LogP contribution is -2.45. The Morgan fingerprint density at radius 1 is 1.29 bits per heavy atom. The Labute approximate surface area is 145 Å². The second kappa shape index (κ2) is 8.79. The summed E-state index contributed by atoms with van der Waals surface area (Å²) in [6, 6.07) is 2.54. The van der Waals surface area contributed by atoms with Gasteiger partial charge in [-0.15, -0.1) is 11.3 Å². The van der Waals surface area contributed by atoms with Gasteiger partial charge in [-0.05, 0) is 39.3 Å². The lowest BCUT2D eigenvalue weighted by molar-refractivity contribution is -0.156. The molecule has 1 atom stereocenters. The van der Waals surface area contributed by atoms with E-state index < -0.39 is 17.6 Å². The van der Waals surface area contributed by atoms with E-state index in [2.05, 4.69) is 10.1 Å². The van der Waals surface area contributed by atoms with Gasteiger partial charge in [0.05, 0.1) is 18.4 Å². The molecule has 0 bridgehead atoms. The number of aryl methyl sites for hydroxylation is 1. The standard InChI is InChI=1S/C16H24N2O5S/c1-16(2,3)23-15(21)11(17)9-18-14(20)12-7-5-10(24-12)6-8-13(19)22-4/h5,7,11H,6,8-9,17H2,1-4H3,(H,18,20). The predicted molar refractivity (Wildman–Crippen MR) is 90.8 cm³/mol. The van der Waals surface area contributed by atoms with Crippen molar-refractivity contribution in [3.8, 4) is 0 Å². The van der Waals surface area contributed by atoms with E-state index in [1.807, 2.05) is 0 Å². The van der Waals surface area contributed by atoms with E-state index in [-0.39, 0.29) is 24.8 Å². The van der Waals surface area contributed by atoms with Crippen LogP contribution in [0.25, 0.3) is 0 Å². The molecule has 0 saturated carbocycles. The molecule has 7 nitrogen and oxygen atoms in total. The molecule has 1 unspecified atom stereocenters. The Kier molecular flexibility index (Phi) is 7.37. The highest BCUT2D eigenvalue weighted by Gasteiger charge is 2.22. The first kappa shape index (κ1) is 20.1. The molecule has 3 N–H and O–H groups in total. The van der Waals surface area contributed by atoms with Gasteiger partial charge in [-0.2, -0.15) is 0 Å². The molecule has 0 aliphatic rings. The lowest BCUT2D eigenvalue weighted by atomic mass is 10.2. The Balaban J connectivity index is 2.47. The number of esters is 2. The third-order valence-corrected chi connectivity index (χ3v) is 4.02. The summed E-state index contributed by atoms with van der Waals surface area (Å²) in [5.74, 6) is -1.17. The van der Waals surface area contributed by atoms with Gasteiger partial charge in [-0.1, -0.05) is 0 Å². The maximum absolute atomic E-state index is 12.1. The van der Waals surface area contributed by atoms with Crippen LogP contribution >= 0.6 is 11.3 Å². The van der Waals surface area contributed by atoms with Crippen LogP contribution in [0.2, 0.25) is 0 Å². The highest BCUT2D eigenvalue weighted by atomic mass is 32.1. The minimum absolute atomic E-state index is 0.0108. The summed E-state index contributed by atoms with van der Waals surface area (Å²) < 4.78 is 9.73. The normalized spacial score (nSPS) is 12.4. The van der Waals surface area contributed by atoms with E-state index in [4.69, 9.17) is 10.5 Å². The largest absolute Gasteiger partial charge is 0.469 e. The van der Waals surface area contributed by atoms with Gasteiger partial charge in [0, 0.05) is 11.4 Å². The third kappa shape index (κ3) is 7.10. The zero-order chi connectivity index (χ0) is 18.3. The number of carbonyl (C=O) groups is 3. The maximum Gasteiger partial charge on any atom is 0.325 e. The number of rotatable bonds is 7. The molecule has 0 aliphatic heterocycles. The first-order chi connectivity index (χ1) is 11.1. The number of hydrogen-bond acceptors (Lipinski definition) is 7. The first-order valence-corrected chi connectivity index (χ1v) is 8.36. The average Bonchev–Trinajstić information content (AvgIpc) is 2.97. The molecule has 1 heterocycles. The summed E-state index contributed by atoms with van der Waals surface area (Å²) in [6.45, 7) is 5.23. The van der Waals surface area contributed by atoms with Gasteiger partial charge in [-0.25, -0.2) is 0 Å². The van der Waals surface area contributed by atoms with Gasteiger partial charge >= 0.3 is 11.9 Å².